The second kappa shape index (κ2) is 4.38. The van der Waals surface area contributed by atoms with E-state index in [1.165, 1.54) is 0 Å². The van der Waals surface area contributed by atoms with Gasteiger partial charge in [0.15, 0.2) is 4.77 Å². The fraction of sp³-hybridized carbons (Fsp3) is 0.100. The van der Waals surface area contributed by atoms with Crippen LogP contribution < -0.4 is 17.0 Å². The molecular formula is C10H11N5OS. The van der Waals surface area contributed by atoms with Crippen LogP contribution in [-0.2, 0) is 6.54 Å². The van der Waals surface area contributed by atoms with E-state index in [1.54, 1.807) is 17.0 Å². The first-order chi connectivity index (χ1) is 8.09. The number of nitrogens with zero attached hydrogens (tertiary/aromatic N) is 2. The van der Waals surface area contributed by atoms with Gasteiger partial charge in [0.1, 0.15) is 11.5 Å². The minimum Gasteiger partial charge on any atom is -0.391 e. The molecule has 0 fully saturated rings. The molecule has 0 bridgehead atoms. The van der Waals surface area contributed by atoms with Gasteiger partial charge in [0, 0.05) is 12.4 Å². The summed E-state index contributed by atoms with van der Waals surface area (Å²) in [5, 5.41) is 0. The second-order valence-corrected chi connectivity index (χ2v) is 3.89. The molecule has 17 heavy (non-hydrogen) atoms. The van der Waals surface area contributed by atoms with Crippen molar-refractivity contribution in [3.05, 3.63) is 45.2 Å². The topological polar surface area (TPSA) is 103 Å². The maximum Gasteiger partial charge on any atom is 0.277 e. The summed E-state index contributed by atoms with van der Waals surface area (Å²) in [5.41, 5.74) is 11.7. The van der Waals surface area contributed by atoms with Gasteiger partial charge in [-0.05, 0) is 23.8 Å². The zero-order chi connectivity index (χ0) is 12.4. The average molecular weight is 249 g/mol. The monoisotopic (exact) mass is 249 g/mol. The molecule has 5 N–H and O–H groups in total. The number of hydrogen-bond donors (Lipinski definition) is 3. The highest BCUT2D eigenvalue weighted by atomic mass is 32.1. The number of anilines is 2. The van der Waals surface area contributed by atoms with Crippen LogP contribution in [0, 0.1) is 4.77 Å². The molecule has 7 heteroatoms. The number of hydrogen-bond acceptors (Lipinski definition) is 5. The van der Waals surface area contributed by atoms with E-state index in [0.29, 0.717) is 6.54 Å². The molecule has 0 atom stereocenters. The van der Waals surface area contributed by atoms with E-state index in [4.69, 9.17) is 23.7 Å². The van der Waals surface area contributed by atoms with E-state index < -0.39 is 5.56 Å². The Hall–Kier alpha value is -2.15. The first kappa shape index (κ1) is 11.3. The third kappa shape index (κ3) is 2.18. The zero-order valence-corrected chi connectivity index (χ0v) is 9.70. The minimum absolute atomic E-state index is 0.0255. The van der Waals surface area contributed by atoms with Crippen molar-refractivity contribution in [2.24, 2.45) is 0 Å². The minimum atomic E-state index is -0.463. The predicted octanol–water partition coefficient (Wildman–Crippen LogP) is 0.514. The molecule has 2 heterocycles. The van der Waals surface area contributed by atoms with Crippen molar-refractivity contribution in [1.29, 1.82) is 0 Å². The van der Waals surface area contributed by atoms with Crippen molar-refractivity contribution < 1.29 is 0 Å². The summed E-state index contributed by atoms with van der Waals surface area (Å²) in [4.78, 5) is 17.8. The average Bonchev–Trinajstić information content (AvgIpc) is 2.33. The Bertz CT molecular complexity index is 646. The fourth-order valence-corrected chi connectivity index (χ4v) is 1.69. The highest BCUT2D eigenvalue weighted by Crippen LogP contribution is 2.11. The predicted molar refractivity (Wildman–Crippen MR) is 68.1 cm³/mol. The molecule has 2 rings (SSSR count). The van der Waals surface area contributed by atoms with E-state index in [-0.39, 0.29) is 16.3 Å². The molecule has 0 aliphatic heterocycles. The quantitative estimate of drug-likeness (QED) is 0.673. The number of aromatic amines is 1. The van der Waals surface area contributed by atoms with Crippen molar-refractivity contribution in [2.45, 2.75) is 6.54 Å². The summed E-state index contributed by atoms with van der Waals surface area (Å²) in [6.07, 6.45) is 3.37. The Balaban J connectivity index is 2.51. The number of H-pyrrole nitrogens is 1. The van der Waals surface area contributed by atoms with Crippen LogP contribution >= 0.6 is 12.2 Å². The molecule has 2 aromatic rings. The van der Waals surface area contributed by atoms with E-state index in [2.05, 4.69) is 9.97 Å². The van der Waals surface area contributed by atoms with Crippen molar-refractivity contribution >= 4 is 23.7 Å². The van der Waals surface area contributed by atoms with Crippen LogP contribution in [0.3, 0.4) is 0 Å². The highest BCUT2D eigenvalue weighted by Gasteiger charge is 2.07. The van der Waals surface area contributed by atoms with Crippen LogP contribution in [0.2, 0.25) is 0 Å². The number of aromatic nitrogens is 3. The van der Waals surface area contributed by atoms with Gasteiger partial charge in [-0.1, -0.05) is 6.07 Å². The largest absolute Gasteiger partial charge is 0.391 e. The smallest absolute Gasteiger partial charge is 0.277 e. The first-order valence-corrected chi connectivity index (χ1v) is 5.27. The van der Waals surface area contributed by atoms with Gasteiger partial charge in [-0.3, -0.25) is 19.3 Å². The van der Waals surface area contributed by atoms with Crippen molar-refractivity contribution in [3.63, 3.8) is 0 Å². The molecule has 0 aromatic carbocycles. The standard InChI is InChI=1S/C10H11N5OS/c11-7-8(12)15(10(17)14-9(7)16)5-6-2-1-3-13-4-6/h1-4H,5,11-12H2,(H,14,16,17). The van der Waals surface area contributed by atoms with Crippen LogP contribution in [0.4, 0.5) is 11.5 Å². The maximum atomic E-state index is 11.3. The molecular weight excluding hydrogens is 238 g/mol. The fourth-order valence-electron chi connectivity index (χ4n) is 1.43. The molecule has 2 aromatic heterocycles. The van der Waals surface area contributed by atoms with Crippen LogP contribution in [0.5, 0.6) is 0 Å². The molecule has 0 saturated heterocycles. The van der Waals surface area contributed by atoms with Gasteiger partial charge < -0.3 is 11.5 Å². The van der Waals surface area contributed by atoms with Gasteiger partial charge in [-0.2, -0.15) is 0 Å². The number of pyridine rings is 1. The molecule has 0 amide bonds. The lowest BCUT2D eigenvalue weighted by Crippen LogP contribution is -2.21. The summed E-state index contributed by atoms with van der Waals surface area (Å²) >= 11 is 5.04. The van der Waals surface area contributed by atoms with Gasteiger partial charge in [0.2, 0.25) is 0 Å². The Labute approximate surface area is 102 Å². The number of rotatable bonds is 2. The third-order valence-corrected chi connectivity index (χ3v) is 2.66. The van der Waals surface area contributed by atoms with Gasteiger partial charge in [0.05, 0.1) is 6.54 Å². The van der Waals surface area contributed by atoms with E-state index >= 15 is 0 Å². The van der Waals surface area contributed by atoms with Crippen molar-refractivity contribution in [3.8, 4) is 0 Å². The summed E-state index contributed by atoms with van der Waals surface area (Å²) in [7, 11) is 0. The zero-order valence-electron chi connectivity index (χ0n) is 8.88. The molecule has 0 radical (unpaired) electrons. The Kier molecular flexibility index (Phi) is 2.92. The molecule has 0 unspecified atom stereocenters. The van der Waals surface area contributed by atoms with Crippen LogP contribution in [0.15, 0.2) is 29.3 Å². The molecule has 0 saturated carbocycles. The van der Waals surface area contributed by atoms with E-state index in [1.807, 2.05) is 12.1 Å². The molecule has 6 nitrogen and oxygen atoms in total. The lowest BCUT2D eigenvalue weighted by molar-refractivity contribution is 0.757. The number of nitrogen functional groups attached to an aromatic ring is 2. The van der Waals surface area contributed by atoms with E-state index in [0.717, 1.165) is 5.56 Å². The summed E-state index contributed by atoms with van der Waals surface area (Å²) in [5.74, 6) is 0.169. The van der Waals surface area contributed by atoms with Crippen LogP contribution in [-0.4, -0.2) is 14.5 Å². The third-order valence-electron chi connectivity index (χ3n) is 2.34. The van der Waals surface area contributed by atoms with E-state index in [9.17, 15) is 4.79 Å². The van der Waals surface area contributed by atoms with Crippen molar-refractivity contribution in [2.75, 3.05) is 11.5 Å². The number of nitrogens with two attached hydrogens (primary N) is 2. The molecule has 0 spiro atoms. The highest BCUT2D eigenvalue weighted by molar-refractivity contribution is 7.71. The molecule has 0 aliphatic rings. The van der Waals surface area contributed by atoms with Crippen LogP contribution in [0.25, 0.3) is 0 Å². The summed E-state index contributed by atoms with van der Waals surface area (Å²) < 4.78 is 1.80. The van der Waals surface area contributed by atoms with Gasteiger partial charge in [-0.15, -0.1) is 0 Å². The Morgan fingerprint density at radius 1 is 1.47 bits per heavy atom. The first-order valence-electron chi connectivity index (χ1n) is 4.86. The van der Waals surface area contributed by atoms with Gasteiger partial charge >= 0.3 is 0 Å². The maximum absolute atomic E-state index is 11.3. The SMILES string of the molecule is Nc1c(N)n(Cc2cccnc2)c(=S)[nH]c1=O. The lowest BCUT2D eigenvalue weighted by Gasteiger charge is -2.11. The van der Waals surface area contributed by atoms with Crippen LogP contribution in [0.1, 0.15) is 5.56 Å². The van der Waals surface area contributed by atoms with Gasteiger partial charge in [0.25, 0.3) is 5.56 Å². The summed E-state index contributed by atoms with van der Waals surface area (Å²) in [6, 6.07) is 3.69. The molecule has 0 aliphatic carbocycles. The lowest BCUT2D eigenvalue weighted by atomic mass is 10.3. The normalized spacial score (nSPS) is 10.4. The molecule has 88 valence electrons. The summed E-state index contributed by atoms with van der Waals surface area (Å²) in [6.45, 7) is 0.416. The van der Waals surface area contributed by atoms with Crippen molar-refractivity contribution in [1.82, 2.24) is 14.5 Å². The number of nitrogens with one attached hydrogen (secondary N) is 1. The Morgan fingerprint density at radius 3 is 2.88 bits per heavy atom. The Morgan fingerprint density at radius 2 is 2.24 bits per heavy atom. The van der Waals surface area contributed by atoms with Gasteiger partial charge in [-0.25, -0.2) is 0 Å². The second-order valence-electron chi connectivity index (χ2n) is 3.51.